The van der Waals surface area contributed by atoms with Crippen molar-refractivity contribution in [1.29, 1.82) is 0 Å². The summed E-state index contributed by atoms with van der Waals surface area (Å²) in [4.78, 5) is -0.427. The molecule has 6 heteroatoms. The van der Waals surface area contributed by atoms with Crippen molar-refractivity contribution in [2.24, 2.45) is 0 Å². The van der Waals surface area contributed by atoms with Gasteiger partial charge in [-0.2, -0.15) is 0 Å². The lowest BCUT2D eigenvalue weighted by Crippen LogP contribution is -2.23. The lowest BCUT2D eigenvalue weighted by Gasteiger charge is -2.09. The first-order valence-corrected chi connectivity index (χ1v) is 7.37. The molecular weight excluding hydrogens is 284 g/mol. The van der Waals surface area contributed by atoms with E-state index in [9.17, 15) is 17.2 Å². The molecule has 2 rings (SSSR count). The van der Waals surface area contributed by atoms with E-state index in [-0.39, 0.29) is 6.54 Å². The van der Waals surface area contributed by atoms with E-state index in [1.807, 2.05) is 19.1 Å². The van der Waals surface area contributed by atoms with Gasteiger partial charge < -0.3 is 0 Å². The summed E-state index contributed by atoms with van der Waals surface area (Å²) < 4.78 is 52.4. The van der Waals surface area contributed by atoms with Crippen molar-refractivity contribution in [3.63, 3.8) is 0 Å². The number of hydrogen-bond acceptors (Lipinski definition) is 2. The summed E-state index contributed by atoms with van der Waals surface area (Å²) in [6.07, 6.45) is 0. The molecule has 1 N–H and O–H groups in total. The van der Waals surface area contributed by atoms with E-state index in [1.54, 1.807) is 12.1 Å². The summed E-state index contributed by atoms with van der Waals surface area (Å²) in [5.74, 6) is -1.86. The van der Waals surface area contributed by atoms with Gasteiger partial charge in [0, 0.05) is 12.6 Å². The molecule has 0 amide bonds. The van der Waals surface area contributed by atoms with Gasteiger partial charge in [0.15, 0.2) is 0 Å². The summed E-state index contributed by atoms with van der Waals surface area (Å²) in [6, 6.07) is 9.45. The molecule has 2 aromatic rings. The second-order valence-corrected chi connectivity index (χ2v) is 6.12. The maximum absolute atomic E-state index is 13.1. The number of hydrogen-bond donors (Lipinski definition) is 1. The van der Waals surface area contributed by atoms with Crippen LogP contribution in [0.5, 0.6) is 0 Å². The highest BCUT2D eigenvalue weighted by molar-refractivity contribution is 7.89. The van der Waals surface area contributed by atoms with E-state index in [4.69, 9.17) is 0 Å². The number of rotatable bonds is 4. The van der Waals surface area contributed by atoms with Crippen LogP contribution in [0.25, 0.3) is 0 Å². The van der Waals surface area contributed by atoms with Crippen LogP contribution in [0.4, 0.5) is 8.78 Å². The number of sulfonamides is 1. The topological polar surface area (TPSA) is 46.2 Å². The predicted octanol–water partition coefficient (Wildman–Crippen LogP) is 2.75. The quantitative estimate of drug-likeness (QED) is 0.943. The van der Waals surface area contributed by atoms with Crippen molar-refractivity contribution in [2.45, 2.75) is 18.4 Å². The molecule has 2 aromatic carbocycles. The summed E-state index contributed by atoms with van der Waals surface area (Å²) in [6.45, 7) is 1.92. The van der Waals surface area contributed by atoms with Crippen LogP contribution >= 0.6 is 0 Å². The van der Waals surface area contributed by atoms with Crippen LogP contribution in [0.15, 0.2) is 47.4 Å². The van der Waals surface area contributed by atoms with E-state index >= 15 is 0 Å². The summed E-state index contributed by atoms with van der Waals surface area (Å²) in [7, 11) is -3.95. The van der Waals surface area contributed by atoms with Gasteiger partial charge in [0.1, 0.15) is 11.6 Å². The average Bonchev–Trinajstić information content (AvgIpc) is 2.37. The normalized spacial score (nSPS) is 11.6. The highest BCUT2D eigenvalue weighted by Crippen LogP contribution is 2.14. The minimum absolute atomic E-state index is 0.0626. The Morgan fingerprint density at radius 2 is 1.65 bits per heavy atom. The van der Waals surface area contributed by atoms with Gasteiger partial charge in [-0.3, -0.25) is 0 Å². The number of nitrogens with one attached hydrogen (secondary N) is 1. The van der Waals surface area contributed by atoms with Gasteiger partial charge in [0.2, 0.25) is 10.0 Å². The second-order valence-electron chi connectivity index (χ2n) is 4.36. The molecule has 3 nitrogen and oxygen atoms in total. The Hall–Kier alpha value is -1.79. The number of aryl methyl sites for hydroxylation is 1. The zero-order valence-electron chi connectivity index (χ0n) is 10.7. The summed E-state index contributed by atoms with van der Waals surface area (Å²) in [5, 5.41) is 0. The van der Waals surface area contributed by atoms with Crippen LogP contribution < -0.4 is 4.72 Å². The van der Waals surface area contributed by atoms with E-state index in [0.717, 1.165) is 23.3 Å². The fourth-order valence-electron chi connectivity index (χ4n) is 1.75. The van der Waals surface area contributed by atoms with Crippen LogP contribution in [-0.2, 0) is 16.6 Å². The fraction of sp³-hybridized carbons (Fsp3) is 0.143. The van der Waals surface area contributed by atoms with E-state index in [2.05, 4.69) is 4.72 Å². The first kappa shape index (κ1) is 14.6. The zero-order chi connectivity index (χ0) is 14.8. The highest BCUT2D eigenvalue weighted by Gasteiger charge is 2.16. The van der Waals surface area contributed by atoms with E-state index < -0.39 is 26.6 Å². The van der Waals surface area contributed by atoms with Crippen molar-refractivity contribution in [3.05, 3.63) is 65.2 Å². The molecule has 0 heterocycles. The molecule has 0 aromatic heterocycles. The lowest BCUT2D eigenvalue weighted by atomic mass is 10.1. The molecule has 0 unspecified atom stereocenters. The molecule has 0 saturated heterocycles. The molecule has 0 saturated carbocycles. The standard InChI is InChI=1S/C14H13F2NO2S/c1-10-4-2-3-5-11(10)9-17-20(18,19)14-7-12(15)6-13(16)8-14/h2-8,17H,9H2,1H3. The third-order valence-corrected chi connectivity index (χ3v) is 4.24. The van der Waals surface area contributed by atoms with Gasteiger partial charge in [-0.05, 0) is 30.2 Å². The molecule has 0 spiro atoms. The van der Waals surface area contributed by atoms with Gasteiger partial charge in [-0.1, -0.05) is 24.3 Å². The second kappa shape index (κ2) is 5.68. The minimum atomic E-state index is -3.95. The van der Waals surface area contributed by atoms with Crippen LogP contribution in [0.1, 0.15) is 11.1 Å². The minimum Gasteiger partial charge on any atom is -0.207 e. The number of halogens is 2. The molecule has 0 aliphatic heterocycles. The highest BCUT2D eigenvalue weighted by atomic mass is 32.2. The monoisotopic (exact) mass is 297 g/mol. The third kappa shape index (κ3) is 3.40. The SMILES string of the molecule is Cc1ccccc1CNS(=O)(=O)c1cc(F)cc(F)c1. The first-order valence-electron chi connectivity index (χ1n) is 5.89. The van der Waals surface area contributed by atoms with Crippen molar-refractivity contribution in [1.82, 2.24) is 4.72 Å². The molecule has 0 radical (unpaired) electrons. The number of benzene rings is 2. The molecule has 0 atom stereocenters. The Bertz CT molecular complexity index is 709. The average molecular weight is 297 g/mol. The van der Waals surface area contributed by atoms with Crippen LogP contribution in [-0.4, -0.2) is 8.42 Å². The zero-order valence-corrected chi connectivity index (χ0v) is 11.5. The maximum atomic E-state index is 13.1. The van der Waals surface area contributed by atoms with Gasteiger partial charge in [-0.25, -0.2) is 21.9 Å². The van der Waals surface area contributed by atoms with Crippen LogP contribution in [0.2, 0.25) is 0 Å². The van der Waals surface area contributed by atoms with Gasteiger partial charge in [-0.15, -0.1) is 0 Å². The molecule has 20 heavy (non-hydrogen) atoms. The summed E-state index contributed by atoms with van der Waals surface area (Å²) >= 11 is 0. The fourth-order valence-corrected chi connectivity index (χ4v) is 2.80. The summed E-state index contributed by atoms with van der Waals surface area (Å²) in [5.41, 5.74) is 1.73. The van der Waals surface area contributed by atoms with Crippen LogP contribution in [0, 0.1) is 18.6 Å². The Morgan fingerprint density at radius 3 is 2.25 bits per heavy atom. The Morgan fingerprint density at radius 1 is 1.05 bits per heavy atom. The van der Waals surface area contributed by atoms with Crippen molar-refractivity contribution < 1.29 is 17.2 Å². The largest absolute Gasteiger partial charge is 0.241 e. The van der Waals surface area contributed by atoms with Gasteiger partial charge >= 0.3 is 0 Å². The smallest absolute Gasteiger partial charge is 0.207 e. The van der Waals surface area contributed by atoms with Crippen LogP contribution in [0.3, 0.4) is 0 Å². The molecule has 0 fully saturated rings. The molecule has 0 aliphatic carbocycles. The molecule has 106 valence electrons. The Balaban J connectivity index is 2.22. The Labute approximate surface area is 116 Å². The molecule has 0 aliphatic rings. The lowest BCUT2D eigenvalue weighted by molar-refractivity contribution is 0.561. The predicted molar refractivity (Wildman–Crippen MR) is 71.6 cm³/mol. The van der Waals surface area contributed by atoms with E-state index in [1.165, 1.54) is 0 Å². The van der Waals surface area contributed by atoms with Crippen molar-refractivity contribution in [2.75, 3.05) is 0 Å². The third-order valence-electron chi connectivity index (χ3n) is 2.86. The van der Waals surface area contributed by atoms with E-state index in [0.29, 0.717) is 6.07 Å². The van der Waals surface area contributed by atoms with Crippen molar-refractivity contribution in [3.8, 4) is 0 Å². The molecular formula is C14H13F2NO2S. The Kier molecular flexibility index (Phi) is 4.15. The maximum Gasteiger partial charge on any atom is 0.241 e. The van der Waals surface area contributed by atoms with Gasteiger partial charge in [0.05, 0.1) is 4.90 Å². The first-order chi connectivity index (χ1) is 9.38. The van der Waals surface area contributed by atoms with Gasteiger partial charge in [0.25, 0.3) is 0 Å². The molecule has 0 bridgehead atoms. The van der Waals surface area contributed by atoms with Crippen molar-refractivity contribution >= 4 is 10.0 Å².